The standard InChI is InChI=1S/C26H31N3O6/c1-32-21-11-10-17(13-24(21)35-18-7-4-5-8-18)28-25(30)9-6-12-29-16-27-20-15-23(34-3)22(33-2)14-19(20)26(29)31/h10-11,13-16,18H,4-9,12H2,1-3H3,(H,28,30). The topological polar surface area (TPSA) is 101 Å². The first-order chi connectivity index (χ1) is 17.0. The highest BCUT2D eigenvalue weighted by Gasteiger charge is 2.19. The highest BCUT2D eigenvalue weighted by Crippen LogP contribution is 2.34. The predicted octanol–water partition coefficient (Wildman–Crippen LogP) is 4.16. The van der Waals surface area contributed by atoms with E-state index in [2.05, 4.69) is 10.3 Å². The summed E-state index contributed by atoms with van der Waals surface area (Å²) in [6.07, 6.45) is 6.80. The lowest BCUT2D eigenvalue weighted by Crippen LogP contribution is -2.22. The van der Waals surface area contributed by atoms with Crippen molar-refractivity contribution < 1.29 is 23.7 Å². The van der Waals surface area contributed by atoms with E-state index < -0.39 is 0 Å². The molecule has 1 aliphatic rings. The van der Waals surface area contributed by atoms with Crippen LogP contribution in [-0.4, -0.2) is 42.9 Å². The number of nitrogens with zero attached hydrogens (tertiary/aromatic N) is 2. The quantitative estimate of drug-likeness (QED) is 0.464. The highest BCUT2D eigenvalue weighted by atomic mass is 16.5. The number of anilines is 1. The average molecular weight is 482 g/mol. The monoisotopic (exact) mass is 481 g/mol. The van der Waals surface area contributed by atoms with E-state index in [1.54, 1.807) is 37.4 Å². The molecule has 1 amide bonds. The van der Waals surface area contributed by atoms with Gasteiger partial charge in [0.1, 0.15) is 0 Å². The van der Waals surface area contributed by atoms with Gasteiger partial charge in [0.05, 0.1) is 44.7 Å². The number of nitrogens with one attached hydrogen (secondary N) is 1. The molecule has 1 saturated carbocycles. The van der Waals surface area contributed by atoms with Crippen molar-refractivity contribution in [3.63, 3.8) is 0 Å². The fourth-order valence-electron chi connectivity index (χ4n) is 4.31. The minimum atomic E-state index is -0.194. The van der Waals surface area contributed by atoms with Gasteiger partial charge in [-0.3, -0.25) is 14.2 Å². The van der Waals surface area contributed by atoms with Crippen LogP contribution in [0.5, 0.6) is 23.0 Å². The van der Waals surface area contributed by atoms with Crippen molar-refractivity contribution >= 4 is 22.5 Å². The summed E-state index contributed by atoms with van der Waals surface area (Å²) < 4.78 is 23.6. The SMILES string of the molecule is COc1cc2ncn(CCCC(=O)Nc3ccc(OC)c(OC4CCCC4)c3)c(=O)c2cc1OC. The lowest BCUT2D eigenvalue weighted by molar-refractivity contribution is -0.116. The Morgan fingerprint density at radius 2 is 1.71 bits per heavy atom. The summed E-state index contributed by atoms with van der Waals surface area (Å²) in [7, 11) is 4.65. The molecule has 9 nitrogen and oxygen atoms in total. The van der Waals surface area contributed by atoms with E-state index in [1.165, 1.54) is 38.0 Å². The molecular weight excluding hydrogens is 450 g/mol. The molecule has 186 valence electrons. The van der Waals surface area contributed by atoms with E-state index in [0.717, 1.165) is 12.8 Å². The number of ether oxygens (including phenoxy) is 4. The molecular formula is C26H31N3O6. The van der Waals surface area contributed by atoms with Gasteiger partial charge < -0.3 is 24.3 Å². The maximum Gasteiger partial charge on any atom is 0.261 e. The fraction of sp³-hybridized carbons (Fsp3) is 0.423. The Morgan fingerprint density at radius 3 is 2.43 bits per heavy atom. The van der Waals surface area contributed by atoms with Gasteiger partial charge >= 0.3 is 0 Å². The van der Waals surface area contributed by atoms with Gasteiger partial charge in [0.2, 0.25) is 5.91 Å². The van der Waals surface area contributed by atoms with E-state index in [0.29, 0.717) is 52.6 Å². The van der Waals surface area contributed by atoms with Gasteiger partial charge in [-0.2, -0.15) is 0 Å². The number of methoxy groups -OCH3 is 3. The maximum absolute atomic E-state index is 12.9. The third-order valence-corrected chi connectivity index (χ3v) is 6.18. The van der Waals surface area contributed by atoms with Crippen LogP contribution in [0, 0.1) is 0 Å². The lowest BCUT2D eigenvalue weighted by atomic mass is 10.2. The molecule has 4 rings (SSSR count). The Kier molecular flexibility index (Phi) is 7.74. The lowest BCUT2D eigenvalue weighted by Gasteiger charge is -2.17. The summed E-state index contributed by atoms with van der Waals surface area (Å²) >= 11 is 0. The molecule has 1 N–H and O–H groups in total. The molecule has 1 fully saturated rings. The molecule has 2 aromatic carbocycles. The van der Waals surface area contributed by atoms with Crippen LogP contribution in [0.2, 0.25) is 0 Å². The van der Waals surface area contributed by atoms with Crippen molar-refractivity contribution in [3.05, 3.63) is 47.0 Å². The number of fused-ring (bicyclic) bond motifs is 1. The van der Waals surface area contributed by atoms with Crippen molar-refractivity contribution in [2.45, 2.75) is 51.2 Å². The molecule has 9 heteroatoms. The van der Waals surface area contributed by atoms with Crippen LogP contribution in [0.1, 0.15) is 38.5 Å². The number of rotatable bonds is 10. The second-order valence-corrected chi connectivity index (χ2v) is 8.51. The van der Waals surface area contributed by atoms with E-state index in [-0.39, 0.29) is 24.0 Å². The number of benzene rings is 2. The zero-order valence-corrected chi connectivity index (χ0v) is 20.3. The zero-order valence-electron chi connectivity index (χ0n) is 20.3. The Balaban J connectivity index is 1.37. The number of hydrogen-bond donors (Lipinski definition) is 1. The molecule has 35 heavy (non-hydrogen) atoms. The van der Waals surface area contributed by atoms with Crippen LogP contribution in [0.15, 0.2) is 41.5 Å². The normalized spacial score (nSPS) is 13.6. The van der Waals surface area contributed by atoms with Crippen molar-refractivity contribution in [2.75, 3.05) is 26.6 Å². The first kappa shape index (κ1) is 24.4. The van der Waals surface area contributed by atoms with Crippen LogP contribution >= 0.6 is 0 Å². The summed E-state index contributed by atoms with van der Waals surface area (Å²) in [5.41, 5.74) is 0.978. The predicted molar refractivity (Wildman–Crippen MR) is 133 cm³/mol. The second kappa shape index (κ2) is 11.1. The van der Waals surface area contributed by atoms with Gasteiger partial charge in [0.15, 0.2) is 23.0 Å². The van der Waals surface area contributed by atoms with Crippen LogP contribution in [0.3, 0.4) is 0 Å². The minimum Gasteiger partial charge on any atom is -0.493 e. The Labute approximate surface area is 204 Å². The maximum atomic E-state index is 12.9. The zero-order chi connectivity index (χ0) is 24.8. The summed E-state index contributed by atoms with van der Waals surface area (Å²) in [6, 6.07) is 8.68. The molecule has 1 heterocycles. The largest absolute Gasteiger partial charge is 0.493 e. The molecule has 0 saturated heterocycles. The number of aryl methyl sites for hydroxylation is 1. The number of amides is 1. The molecule has 0 aliphatic heterocycles. The van der Waals surface area contributed by atoms with Crippen molar-refractivity contribution in [2.24, 2.45) is 0 Å². The van der Waals surface area contributed by atoms with Crippen LogP contribution in [0.4, 0.5) is 5.69 Å². The van der Waals surface area contributed by atoms with Gasteiger partial charge in [0, 0.05) is 30.8 Å². The van der Waals surface area contributed by atoms with Crippen molar-refractivity contribution in [1.29, 1.82) is 0 Å². The average Bonchev–Trinajstić information content (AvgIpc) is 3.38. The first-order valence-corrected chi connectivity index (χ1v) is 11.8. The number of carbonyl (C=O) groups is 1. The van der Waals surface area contributed by atoms with Crippen LogP contribution < -0.4 is 29.8 Å². The molecule has 0 unspecified atom stereocenters. The van der Waals surface area contributed by atoms with Crippen LogP contribution in [0.25, 0.3) is 10.9 Å². The molecule has 0 radical (unpaired) electrons. The molecule has 0 atom stereocenters. The van der Waals surface area contributed by atoms with Gasteiger partial charge in [-0.15, -0.1) is 0 Å². The number of aromatic nitrogens is 2. The molecule has 3 aromatic rings. The summed E-state index contributed by atoms with van der Waals surface area (Å²) in [5.74, 6) is 2.11. The summed E-state index contributed by atoms with van der Waals surface area (Å²) in [4.78, 5) is 29.8. The summed E-state index contributed by atoms with van der Waals surface area (Å²) in [6.45, 7) is 0.363. The van der Waals surface area contributed by atoms with Gasteiger partial charge in [-0.05, 0) is 50.3 Å². The van der Waals surface area contributed by atoms with E-state index in [1.807, 2.05) is 0 Å². The van der Waals surface area contributed by atoms with Gasteiger partial charge in [0.25, 0.3) is 5.56 Å². The molecule has 1 aromatic heterocycles. The fourth-order valence-corrected chi connectivity index (χ4v) is 4.31. The third kappa shape index (κ3) is 5.67. The second-order valence-electron chi connectivity index (χ2n) is 8.51. The first-order valence-electron chi connectivity index (χ1n) is 11.8. The van der Waals surface area contributed by atoms with Gasteiger partial charge in [-0.1, -0.05) is 0 Å². The van der Waals surface area contributed by atoms with E-state index >= 15 is 0 Å². The van der Waals surface area contributed by atoms with E-state index in [4.69, 9.17) is 18.9 Å². The molecule has 1 aliphatic carbocycles. The number of hydrogen-bond acceptors (Lipinski definition) is 7. The summed E-state index contributed by atoms with van der Waals surface area (Å²) in [5, 5.41) is 3.34. The Bertz CT molecular complexity index is 1250. The Morgan fingerprint density at radius 1 is 1.00 bits per heavy atom. The molecule has 0 spiro atoms. The minimum absolute atomic E-state index is 0.143. The smallest absolute Gasteiger partial charge is 0.261 e. The van der Waals surface area contributed by atoms with Crippen molar-refractivity contribution in [3.8, 4) is 23.0 Å². The number of carbonyl (C=O) groups excluding carboxylic acids is 1. The van der Waals surface area contributed by atoms with Gasteiger partial charge in [-0.25, -0.2) is 4.98 Å². The van der Waals surface area contributed by atoms with E-state index in [9.17, 15) is 9.59 Å². The Hall–Kier alpha value is -3.75. The third-order valence-electron chi connectivity index (χ3n) is 6.18. The van der Waals surface area contributed by atoms with Crippen molar-refractivity contribution in [1.82, 2.24) is 9.55 Å². The highest BCUT2D eigenvalue weighted by molar-refractivity contribution is 5.91. The van der Waals surface area contributed by atoms with Crippen LogP contribution in [-0.2, 0) is 11.3 Å². The molecule has 0 bridgehead atoms.